The number of thiazole rings is 1. The van der Waals surface area contributed by atoms with E-state index in [0.29, 0.717) is 0 Å². The van der Waals surface area contributed by atoms with Gasteiger partial charge in [-0.1, -0.05) is 32.1 Å². The molecule has 3 nitrogen and oxygen atoms in total. The molecule has 0 spiro atoms. The van der Waals surface area contributed by atoms with Crippen LogP contribution in [-0.4, -0.2) is 24.9 Å². The highest BCUT2D eigenvalue weighted by atomic mass is 32.1. The highest BCUT2D eigenvalue weighted by Crippen LogP contribution is 2.35. The van der Waals surface area contributed by atoms with Crippen molar-refractivity contribution in [2.75, 3.05) is 18.5 Å². The van der Waals surface area contributed by atoms with E-state index in [2.05, 4.69) is 37.7 Å². The largest absolute Gasteiger partial charge is 0.351 e. The summed E-state index contributed by atoms with van der Waals surface area (Å²) in [7, 11) is 2.07. The van der Waals surface area contributed by atoms with Crippen LogP contribution in [0.1, 0.15) is 49.0 Å². The molecule has 0 unspecified atom stereocenters. The van der Waals surface area contributed by atoms with E-state index in [4.69, 9.17) is 0 Å². The lowest BCUT2D eigenvalue weighted by molar-refractivity contribution is 0.112. The van der Waals surface area contributed by atoms with Gasteiger partial charge in [-0.25, -0.2) is 4.98 Å². The molecule has 0 radical (unpaired) electrons. The molecule has 1 aromatic rings. The van der Waals surface area contributed by atoms with E-state index in [1.165, 1.54) is 24.2 Å². The van der Waals surface area contributed by atoms with Crippen LogP contribution in [0.4, 0.5) is 5.13 Å². The fourth-order valence-corrected chi connectivity index (χ4v) is 2.93. The van der Waals surface area contributed by atoms with Gasteiger partial charge in [-0.15, -0.1) is 0 Å². The topological polar surface area (TPSA) is 33.2 Å². The second-order valence-corrected chi connectivity index (χ2v) is 6.91. The monoisotopic (exact) mass is 252 g/mol. The van der Waals surface area contributed by atoms with Gasteiger partial charge in [0.2, 0.25) is 0 Å². The zero-order valence-electron chi connectivity index (χ0n) is 11.0. The number of aldehydes is 1. The quantitative estimate of drug-likeness (QED) is 0.772. The van der Waals surface area contributed by atoms with Crippen molar-refractivity contribution in [3.63, 3.8) is 0 Å². The molecule has 1 saturated carbocycles. The predicted octanol–water partition coefficient (Wildman–Crippen LogP) is 3.10. The summed E-state index contributed by atoms with van der Waals surface area (Å²) in [5.74, 6) is 0.835. The maximum absolute atomic E-state index is 11.1. The van der Waals surface area contributed by atoms with E-state index in [0.717, 1.165) is 34.5 Å². The fraction of sp³-hybridized carbons (Fsp3) is 0.692. The van der Waals surface area contributed by atoms with Gasteiger partial charge in [0.15, 0.2) is 11.4 Å². The summed E-state index contributed by atoms with van der Waals surface area (Å²) in [6.07, 6.45) is 3.61. The molecule has 0 aliphatic heterocycles. The smallest absolute Gasteiger partial charge is 0.185 e. The Morgan fingerprint density at radius 3 is 2.53 bits per heavy atom. The Kier molecular flexibility index (Phi) is 3.25. The van der Waals surface area contributed by atoms with Crippen LogP contribution < -0.4 is 4.90 Å². The van der Waals surface area contributed by atoms with E-state index in [1.54, 1.807) is 0 Å². The number of anilines is 1. The molecule has 17 heavy (non-hydrogen) atoms. The minimum Gasteiger partial charge on any atom is -0.351 e. The van der Waals surface area contributed by atoms with Crippen molar-refractivity contribution in [2.24, 2.45) is 5.92 Å². The third kappa shape index (κ3) is 2.86. The average Bonchev–Trinajstić information content (AvgIpc) is 2.93. The van der Waals surface area contributed by atoms with Gasteiger partial charge in [0.1, 0.15) is 0 Å². The van der Waals surface area contributed by atoms with Crippen molar-refractivity contribution in [3.8, 4) is 0 Å². The first kappa shape index (κ1) is 12.6. The normalized spacial score (nSPS) is 16.0. The number of rotatable bonds is 4. The van der Waals surface area contributed by atoms with Crippen molar-refractivity contribution in [1.82, 2.24) is 4.98 Å². The van der Waals surface area contributed by atoms with Gasteiger partial charge in [0, 0.05) is 19.0 Å². The summed E-state index contributed by atoms with van der Waals surface area (Å²) < 4.78 is 0. The van der Waals surface area contributed by atoms with Gasteiger partial charge in [-0.2, -0.15) is 0 Å². The zero-order chi connectivity index (χ0) is 12.6. The van der Waals surface area contributed by atoms with Crippen LogP contribution in [0, 0.1) is 5.92 Å². The number of hydrogen-bond donors (Lipinski definition) is 0. The van der Waals surface area contributed by atoms with Gasteiger partial charge in [0.05, 0.1) is 10.6 Å². The van der Waals surface area contributed by atoms with E-state index in [9.17, 15) is 4.79 Å². The van der Waals surface area contributed by atoms with E-state index < -0.39 is 0 Å². The molecule has 1 aliphatic carbocycles. The maximum atomic E-state index is 11.1. The first-order valence-electron chi connectivity index (χ1n) is 6.09. The maximum Gasteiger partial charge on any atom is 0.185 e. The SMILES string of the molecule is CN(CC1CC1)c1nc(C(C)(C)C)c(C=O)s1. The zero-order valence-corrected chi connectivity index (χ0v) is 11.8. The van der Waals surface area contributed by atoms with Gasteiger partial charge in [-0.3, -0.25) is 4.79 Å². The summed E-state index contributed by atoms with van der Waals surface area (Å²) in [6.45, 7) is 7.36. The Morgan fingerprint density at radius 1 is 1.47 bits per heavy atom. The Labute approximate surface area is 107 Å². The van der Waals surface area contributed by atoms with Crippen molar-refractivity contribution >= 4 is 22.8 Å². The van der Waals surface area contributed by atoms with Crippen LogP contribution in [0.2, 0.25) is 0 Å². The molecule has 4 heteroatoms. The standard InChI is InChI=1S/C13H20N2OS/c1-13(2,3)11-10(8-16)17-12(14-11)15(4)7-9-5-6-9/h8-9H,5-7H2,1-4H3. The van der Waals surface area contributed by atoms with Crippen LogP contribution in [0.25, 0.3) is 0 Å². The van der Waals surface area contributed by atoms with E-state index in [-0.39, 0.29) is 5.41 Å². The molecule has 0 bridgehead atoms. The lowest BCUT2D eigenvalue weighted by atomic mass is 9.91. The van der Waals surface area contributed by atoms with Crippen LogP contribution in [0.3, 0.4) is 0 Å². The third-order valence-corrected chi connectivity index (χ3v) is 4.11. The molecule has 2 rings (SSSR count). The van der Waals surface area contributed by atoms with Crippen molar-refractivity contribution in [2.45, 2.75) is 39.0 Å². The average molecular weight is 252 g/mol. The lowest BCUT2D eigenvalue weighted by Crippen LogP contribution is -2.20. The van der Waals surface area contributed by atoms with Crippen molar-refractivity contribution in [1.29, 1.82) is 0 Å². The lowest BCUT2D eigenvalue weighted by Gasteiger charge is -2.17. The van der Waals surface area contributed by atoms with Gasteiger partial charge in [-0.05, 0) is 18.8 Å². The van der Waals surface area contributed by atoms with Gasteiger partial charge < -0.3 is 4.90 Å². The van der Waals surface area contributed by atoms with E-state index >= 15 is 0 Å². The van der Waals surface area contributed by atoms with Gasteiger partial charge in [0.25, 0.3) is 0 Å². The third-order valence-electron chi connectivity index (χ3n) is 3.02. The molecule has 1 aromatic heterocycles. The first-order valence-corrected chi connectivity index (χ1v) is 6.91. The highest BCUT2D eigenvalue weighted by molar-refractivity contribution is 7.17. The molecule has 1 fully saturated rings. The molecule has 1 aliphatic rings. The summed E-state index contributed by atoms with van der Waals surface area (Å²) in [5.41, 5.74) is 0.862. The number of nitrogens with zero attached hydrogens (tertiary/aromatic N) is 2. The second kappa shape index (κ2) is 4.41. The molecular formula is C13H20N2OS. The number of aromatic nitrogens is 1. The summed E-state index contributed by atoms with van der Waals surface area (Å²) in [5, 5.41) is 0.976. The van der Waals surface area contributed by atoms with Crippen LogP contribution in [0.5, 0.6) is 0 Å². The summed E-state index contributed by atoms with van der Waals surface area (Å²) in [4.78, 5) is 18.7. The Bertz CT molecular complexity index is 416. The van der Waals surface area contributed by atoms with Crippen LogP contribution in [-0.2, 0) is 5.41 Å². The molecule has 1 heterocycles. The Balaban J connectivity index is 2.23. The first-order chi connectivity index (χ1) is 7.91. The highest BCUT2D eigenvalue weighted by Gasteiger charge is 2.27. The minimum absolute atomic E-state index is 0.0641. The molecule has 94 valence electrons. The summed E-state index contributed by atoms with van der Waals surface area (Å²) >= 11 is 1.51. The van der Waals surface area contributed by atoms with Crippen LogP contribution >= 0.6 is 11.3 Å². The second-order valence-electron chi connectivity index (χ2n) is 5.90. The Hall–Kier alpha value is -0.900. The van der Waals surface area contributed by atoms with Gasteiger partial charge >= 0.3 is 0 Å². The number of hydrogen-bond acceptors (Lipinski definition) is 4. The fourth-order valence-electron chi connectivity index (χ4n) is 1.87. The number of carbonyl (C=O) groups is 1. The molecular weight excluding hydrogens is 232 g/mol. The van der Waals surface area contributed by atoms with Crippen LogP contribution in [0.15, 0.2) is 0 Å². The molecule has 0 amide bonds. The summed E-state index contributed by atoms with van der Waals surface area (Å²) in [6, 6.07) is 0. The van der Waals surface area contributed by atoms with E-state index in [1.807, 2.05) is 0 Å². The molecule has 0 saturated heterocycles. The predicted molar refractivity (Wildman–Crippen MR) is 72.2 cm³/mol. The molecule has 0 N–H and O–H groups in total. The number of carbonyl (C=O) groups excluding carboxylic acids is 1. The molecule has 0 atom stereocenters. The minimum atomic E-state index is -0.0641. The van der Waals surface area contributed by atoms with Crippen molar-refractivity contribution < 1.29 is 4.79 Å². The molecule has 0 aromatic carbocycles. The van der Waals surface area contributed by atoms with Crippen molar-refractivity contribution in [3.05, 3.63) is 10.6 Å². The Morgan fingerprint density at radius 2 is 2.12 bits per heavy atom.